The van der Waals surface area contributed by atoms with E-state index in [4.69, 9.17) is 0 Å². The lowest BCUT2D eigenvalue weighted by atomic mass is 10.0. The number of aryl methyl sites for hydroxylation is 2. The van der Waals surface area contributed by atoms with Gasteiger partial charge in [0.15, 0.2) is 0 Å². The van der Waals surface area contributed by atoms with Crippen molar-refractivity contribution < 1.29 is 4.79 Å². The van der Waals surface area contributed by atoms with Crippen molar-refractivity contribution in [2.45, 2.75) is 59.0 Å². The van der Waals surface area contributed by atoms with Gasteiger partial charge in [-0.2, -0.15) is 0 Å². The molecule has 2 amide bonds. The second-order valence-corrected chi connectivity index (χ2v) is 8.21. The molecular weight excluding hydrogens is 360 g/mol. The smallest absolute Gasteiger partial charge is 0.320 e. The van der Waals surface area contributed by atoms with Crippen molar-refractivity contribution in [2.75, 3.05) is 25.0 Å². The second kappa shape index (κ2) is 10.4. The molecule has 2 heterocycles. The highest BCUT2D eigenvalue weighted by Gasteiger charge is 2.20. The van der Waals surface area contributed by atoms with Crippen LogP contribution in [0.1, 0.15) is 49.3 Å². The van der Waals surface area contributed by atoms with Gasteiger partial charge in [0, 0.05) is 43.8 Å². The molecule has 0 saturated carbocycles. The number of nitrogens with one attached hydrogen (secondary N) is 1. The number of hydrogen-bond donors (Lipinski definition) is 1. The van der Waals surface area contributed by atoms with Crippen molar-refractivity contribution in [3.8, 4) is 0 Å². The molecule has 1 unspecified atom stereocenters. The molecule has 1 N–H and O–H groups in total. The molecule has 1 aromatic heterocycles. The Labute approximate surface area is 175 Å². The zero-order valence-corrected chi connectivity index (χ0v) is 18.0. The number of nitrogens with zero attached hydrogens (tertiary/aromatic N) is 3. The number of piperidine rings is 1. The Bertz CT molecular complexity index is 772. The van der Waals surface area contributed by atoms with E-state index in [1.54, 1.807) is 12.4 Å². The van der Waals surface area contributed by atoms with E-state index in [-0.39, 0.29) is 6.03 Å². The molecule has 0 aliphatic carbocycles. The van der Waals surface area contributed by atoms with Gasteiger partial charge in [0.05, 0.1) is 0 Å². The van der Waals surface area contributed by atoms with Gasteiger partial charge in [-0.05, 0) is 75.4 Å². The van der Waals surface area contributed by atoms with Gasteiger partial charge in [0.1, 0.15) is 0 Å². The number of likely N-dealkylation sites (tertiary alicyclic amines) is 1. The van der Waals surface area contributed by atoms with Gasteiger partial charge in [0.25, 0.3) is 0 Å². The first kappa shape index (κ1) is 21.3. The fraction of sp³-hybridized carbons (Fsp3) is 0.500. The summed E-state index contributed by atoms with van der Waals surface area (Å²) in [6.07, 6.45) is 8.46. The lowest BCUT2D eigenvalue weighted by Crippen LogP contribution is -2.41. The maximum atomic E-state index is 13.2. The number of amides is 2. The Morgan fingerprint density at radius 2 is 1.90 bits per heavy atom. The molecule has 29 heavy (non-hydrogen) atoms. The second-order valence-electron chi connectivity index (χ2n) is 8.21. The molecule has 2 aromatic rings. The average Bonchev–Trinajstić information content (AvgIpc) is 2.72. The fourth-order valence-corrected chi connectivity index (χ4v) is 4.11. The van der Waals surface area contributed by atoms with Crippen LogP contribution in [-0.4, -0.2) is 46.5 Å². The molecule has 0 spiro atoms. The number of para-hydroxylation sites is 1. The molecule has 1 saturated heterocycles. The highest BCUT2D eigenvalue weighted by Crippen LogP contribution is 2.21. The molecule has 5 nitrogen and oxygen atoms in total. The van der Waals surface area contributed by atoms with Crippen LogP contribution in [0.3, 0.4) is 0 Å². The number of urea groups is 1. The summed E-state index contributed by atoms with van der Waals surface area (Å²) in [4.78, 5) is 21.7. The molecule has 1 fully saturated rings. The SMILES string of the molecule is Cc1cccc(C)c1NC(=O)N(CCCN1CCCCC1C)Cc1ccncc1. The number of carbonyl (C=O) groups excluding carboxylic acids is 1. The average molecular weight is 395 g/mol. The van der Waals surface area contributed by atoms with Gasteiger partial charge in [0.2, 0.25) is 0 Å². The summed E-state index contributed by atoms with van der Waals surface area (Å²) in [7, 11) is 0. The van der Waals surface area contributed by atoms with Crippen LogP contribution in [0.25, 0.3) is 0 Å². The Hall–Kier alpha value is -2.40. The Balaban J connectivity index is 1.66. The first-order valence-corrected chi connectivity index (χ1v) is 10.8. The summed E-state index contributed by atoms with van der Waals surface area (Å²) in [5.41, 5.74) is 4.19. The van der Waals surface area contributed by atoms with Crippen molar-refractivity contribution >= 4 is 11.7 Å². The maximum Gasteiger partial charge on any atom is 0.322 e. The van der Waals surface area contributed by atoms with Crippen molar-refractivity contribution in [3.63, 3.8) is 0 Å². The molecule has 0 radical (unpaired) electrons. The van der Waals surface area contributed by atoms with E-state index in [2.05, 4.69) is 22.1 Å². The Morgan fingerprint density at radius 3 is 2.59 bits per heavy atom. The van der Waals surface area contributed by atoms with E-state index in [0.29, 0.717) is 12.6 Å². The lowest BCUT2D eigenvalue weighted by molar-refractivity contribution is 0.150. The zero-order valence-electron chi connectivity index (χ0n) is 18.0. The van der Waals surface area contributed by atoms with E-state index < -0.39 is 0 Å². The molecule has 3 rings (SSSR count). The zero-order chi connectivity index (χ0) is 20.6. The number of pyridine rings is 1. The van der Waals surface area contributed by atoms with Gasteiger partial charge in [-0.1, -0.05) is 24.6 Å². The van der Waals surface area contributed by atoms with Crippen LogP contribution in [0.2, 0.25) is 0 Å². The summed E-state index contributed by atoms with van der Waals surface area (Å²) >= 11 is 0. The van der Waals surface area contributed by atoms with Gasteiger partial charge < -0.3 is 15.1 Å². The molecular formula is C24H34N4O. The molecule has 1 aliphatic rings. The van der Waals surface area contributed by atoms with E-state index >= 15 is 0 Å². The molecule has 156 valence electrons. The van der Waals surface area contributed by atoms with Crippen LogP contribution < -0.4 is 5.32 Å². The van der Waals surface area contributed by atoms with E-state index in [9.17, 15) is 4.79 Å². The Kier molecular flexibility index (Phi) is 7.64. The van der Waals surface area contributed by atoms with Crippen LogP contribution in [0.4, 0.5) is 10.5 Å². The lowest BCUT2D eigenvalue weighted by Gasteiger charge is -2.34. The largest absolute Gasteiger partial charge is 0.322 e. The maximum absolute atomic E-state index is 13.2. The summed E-state index contributed by atoms with van der Waals surface area (Å²) in [5, 5.41) is 3.15. The molecule has 1 aliphatic heterocycles. The third-order valence-corrected chi connectivity index (χ3v) is 5.94. The predicted octanol–water partition coefficient (Wildman–Crippen LogP) is 5.00. The van der Waals surface area contributed by atoms with E-state index in [1.165, 1.54) is 25.8 Å². The number of aromatic nitrogens is 1. The fourth-order valence-electron chi connectivity index (χ4n) is 4.11. The van der Waals surface area contributed by atoms with Gasteiger partial charge in [-0.15, -0.1) is 0 Å². The predicted molar refractivity (Wildman–Crippen MR) is 119 cm³/mol. The van der Waals surface area contributed by atoms with Crippen molar-refractivity contribution in [1.29, 1.82) is 0 Å². The topological polar surface area (TPSA) is 48.5 Å². The monoisotopic (exact) mass is 394 g/mol. The minimum Gasteiger partial charge on any atom is -0.320 e. The number of hydrogen-bond acceptors (Lipinski definition) is 3. The van der Waals surface area contributed by atoms with Crippen LogP contribution in [0.15, 0.2) is 42.7 Å². The van der Waals surface area contributed by atoms with Crippen LogP contribution in [-0.2, 0) is 6.54 Å². The minimum absolute atomic E-state index is 0.0362. The first-order chi connectivity index (χ1) is 14.0. The quantitative estimate of drug-likeness (QED) is 0.719. The van der Waals surface area contributed by atoms with Crippen LogP contribution >= 0.6 is 0 Å². The standard InChI is InChI=1S/C24H34N4O/c1-19-8-6-9-20(2)23(19)26-24(29)28(18-22-11-13-25-14-12-22)17-7-16-27-15-5-4-10-21(27)3/h6,8-9,11-14,21H,4-5,7,10,15-18H2,1-3H3,(H,26,29). The van der Waals surface area contributed by atoms with Crippen LogP contribution in [0, 0.1) is 13.8 Å². The third kappa shape index (κ3) is 6.04. The summed E-state index contributed by atoms with van der Waals surface area (Å²) in [6, 6.07) is 10.7. The highest BCUT2D eigenvalue weighted by atomic mass is 16.2. The minimum atomic E-state index is -0.0362. The Morgan fingerprint density at radius 1 is 1.17 bits per heavy atom. The van der Waals surface area contributed by atoms with Crippen molar-refractivity contribution in [1.82, 2.24) is 14.8 Å². The van der Waals surface area contributed by atoms with Gasteiger partial charge in [-0.25, -0.2) is 4.79 Å². The summed E-state index contributed by atoms with van der Waals surface area (Å²) < 4.78 is 0. The highest BCUT2D eigenvalue weighted by molar-refractivity contribution is 5.91. The van der Waals surface area contributed by atoms with E-state index in [1.807, 2.05) is 49.1 Å². The third-order valence-electron chi connectivity index (χ3n) is 5.94. The van der Waals surface area contributed by atoms with Gasteiger partial charge >= 0.3 is 6.03 Å². The molecule has 0 bridgehead atoms. The number of anilines is 1. The molecule has 1 aromatic carbocycles. The number of carbonyl (C=O) groups is 1. The summed E-state index contributed by atoms with van der Waals surface area (Å²) in [5.74, 6) is 0. The number of rotatable bonds is 7. The van der Waals surface area contributed by atoms with Crippen molar-refractivity contribution in [2.24, 2.45) is 0 Å². The number of benzene rings is 1. The van der Waals surface area contributed by atoms with Crippen molar-refractivity contribution in [3.05, 3.63) is 59.4 Å². The van der Waals surface area contributed by atoms with Crippen LogP contribution in [0.5, 0.6) is 0 Å². The van der Waals surface area contributed by atoms with Gasteiger partial charge in [-0.3, -0.25) is 4.98 Å². The summed E-state index contributed by atoms with van der Waals surface area (Å²) in [6.45, 7) is 9.95. The first-order valence-electron chi connectivity index (χ1n) is 10.8. The molecule has 5 heteroatoms. The van der Waals surface area contributed by atoms with E-state index in [0.717, 1.165) is 41.9 Å². The molecule has 1 atom stereocenters. The normalized spacial score (nSPS) is 17.1.